The molecule has 0 aromatic rings. The van der Waals surface area contributed by atoms with Crippen molar-refractivity contribution < 1.29 is 5.11 Å². The maximum Gasteiger partial charge on any atom is 0.0905 e. The Hall–Kier alpha value is -0.820. The zero-order chi connectivity index (χ0) is 15.5. The van der Waals surface area contributed by atoms with Gasteiger partial charge in [-0.3, -0.25) is 0 Å². The van der Waals surface area contributed by atoms with E-state index in [4.69, 9.17) is 0 Å². The fourth-order valence-corrected chi connectivity index (χ4v) is 6.52. The summed E-state index contributed by atoms with van der Waals surface area (Å²) in [6.07, 6.45) is 16.5. The van der Waals surface area contributed by atoms with E-state index in [-0.39, 0.29) is 11.5 Å². The topological polar surface area (TPSA) is 20.2 Å². The molecule has 120 valence electrons. The number of aliphatic hydroxyl groups excluding tert-OH is 1. The highest BCUT2D eigenvalue weighted by atomic mass is 16.3. The van der Waals surface area contributed by atoms with Gasteiger partial charge < -0.3 is 5.11 Å². The molecule has 0 spiro atoms. The van der Waals surface area contributed by atoms with E-state index < -0.39 is 0 Å². The summed E-state index contributed by atoms with van der Waals surface area (Å²) in [6, 6.07) is 0. The van der Waals surface area contributed by atoms with Crippen LogP contribution in [0.2, 0.25) is 0 Å². The molecule has 2 saturated carbocycles. The molecule has 0 saturated heterocycles. The Morgan fingerprint density at radius 3 is 2.82 bits per heavy atom. The van der Waals surface area contributed by atoms with Gasteiger partial charge in [0.05, 0.1) is 6.10 Å². The molecule has 0 heterocycles. The van der Waals surface area contributed by atoms with Crippen LogP contribution < -0.4 is 0 Å². The minimum Gasteiger partial charge on any atom is -0.385 e. The molecule has 0 aromatic heterocycles. The summed E-state index contributed by atoms with van der Waals surface area (Å²) in [7, 11) is 0. The second-order valence-electron chi connectivity index (χ2n) is 8.51. The van der Waals surface area contributed by atoms with Crippen LogP contribution in [0.25, 0.3) is 0 Å². The van der Waals surface area contributed by atoms with E-state index in [1.807, 2.05) is 6.08 Å². The lowest BCUT2D eigenvalue weighted by Gasteiger charge is -2.57. The average molecular weight is 298 g/mol. The molecule has 1 N–H and O–H groups in total. The van der Waals surface area contributed by atoms with Crippen LogP contribution >= 0.6 is 0 Å². The van der Waals surface area contributed by atoms with Gasteiger partial charge in [0.25, 0.3) is 0 Å². The first kappa shape index (κ1) is 14.8. The molecule has 0 bridgehead atoms. The van der Waals surface area contributed by atoms with Crippen molar-refractivity contribution in [1.29, 1.82) is 0 Å². The first-order chi connectivity index (χ1) is 10.5. The second-order valence-corrected chi connectivity index (χ2v) is 8.51. The lowest BCUT2D eigenvalue weighted by Crippen LogP contribution is -2.49. The van der Waals surface area contributed by atoms with E-state index >= 15 is 0 Å². The van der Waals surface area contributed by atoms with Crippen LogP contribution in [-0.2, 0) is 0 Å². The van der Waals surface area contributed by atoms with Crippen molar-refractivity contribution in [2.24, 2.45) is 28.6 Å². The van der Waals surface area contributed by atoms with E-state index in [1.54, 1.807) is 5.57 Å². The lowest BCUT2D eigenvalue weighted by atomic mass is 9.48. The zero-order valence-electron chi connectivity index (χ0n) is 14.3. The molecular weight excluding hydrogens is 268 g/mol. The van der Waals surface area contributed by atoms with Gasteiger partial charge in [0.1, 0.15) is 0 Å². The van der Waals surface area contributed by atoms with Gasteiger partial charge in [0, 0.05) is 5.41 Å². The molecule has 6 unspecified atom stereocenters. The van der Waals surface area contributed by atoms with Gasteiger partial charge in [-0.25, -0.2) is 0 Å². The molecule has 0 aliphatic heterocycles. The fraction of sp³-hybridized carbons (Fsp3) is 0.714. The molecular formula is C21H30O. The quantitative estimate of drug-likeness (QED) is 0.673. The number of allylic oxidation sites excluding steroid dienone is 4. The van der Waals surface area contributed by atoms with E-state index in [1.165, 1.54) is 44.1 Å². The smallest absolute Gasteiger partial charge is 0.0905 e. The molecule has 0 aromatic carbocycles. The van der Waals surface area contributed by atoms with Crippen molar-refractivity contribution in [3.05, 3.63) is 35.5 Å². The summed E-state index contributed by atoms with van der Waals surface area (Å²) in [5, 5.41) is 9.94. The van der Waals surface area contributed by atoms with E-state index in [0.717, 1.165) is 17.8 Å². The number of hydrogen-bond donors (Lipinski definition) is 1. The molecule has 2 fully saturated rings. The average Bonchev–Trinajstić information content (AvgIpc) is 2.84. The van der Waals surface area contributed by atoms with Gasteiger partial charge in [-0.1, -0.05) is 56.2 Å². The Balaban J connectivity index is 1.67. The largest absolute Gasteiger partial charge is 0.385 e. The molecule has 4 aliphatic rings. The Kier molecular flexibility index (Phi) is 3.24. The minimum absolute atomic E-state index is 0.207. The van der Waals surface area contributed by atoms with Gasteiger partial charge in [-0.05, 0) is 61.7 Å². The third kappa shape index (κ3) is 1.81. The Morgan fingerprint density at radius 1 is 1.23 bits per heavy atom. The molecule has 4 aliphatic carbocycles. The zero-order valence-corrected chi connectivity index (χ0v) is 14.3. The third-order valence-corrected chi connectivity index (χ3v) is 7.78. The normalized spacial score (nSPS) is 49.8. The highest BCUT2D eigenvalue weighted by molar-refractivity contribution is 5.35. The maximum absolute atomic E-state index is 9.94. The van der Waals surface area contributed by atoms with Crippen LogP contribution in [0.15, 0.2) is 35.5 Å². The summed E-state index contributed by atoms with van der Waals surface area (Å²) in [4.78, 5) is 0. The Bertz CT molecular complexity index is 568. The van der Waals surface area contributed by atoms with E-state index in [9.17, 15) is 5.11 Å². The molecule has 0 amide bonds. The first-order valence-corrected chi connectivity index (χ1v) is 9.27. The third-order valence-electron chi connectivity index (χ3n) is 7.78. The summed E-state index contributed by atoms with van der Waals surface area (Å²) in [5.41, 5.74) is 3.93. The number of hydrogen-bond acceptors (Lipinski definition) is 1. The SMILES string of the molecule is CCC1=CCC2C3CCC4=CC(O)C=CC4(C)C3CCC12C. The Morgan fingerprint density at radius 2 is 2.05 bits per heavy atom. The monoisotopic (exact) mass is 298 g/mol. The number of rotatable bonds is 1. The van der Waals surface area contributed by atoms with Crippen LogP contribution in [0.1, 0.15) is 59.3 Å². The molecule has 4 rings (SSSR count). The van der Waals surface area contributed by atoms with E-state index in [2.05, 4.69) is 39.0 Å². The maximum atomic E-state index is 9.94. The predicted octanol–water partition coefficient (Wildman–Crippen LogP) is 5.03. The minimum atomic E-state index is -0.353. The highest BCUT2D eigenvalue weighted by Crippen LogP contribution is 2.64. The van der Waals surface area contributed by atoms with Crippen LogP contribution in [-0.4, -0.2) is 11.2 Å². The highest BCUT2D eigenvalue weighted by Gasteiger charge is 2.55. The summed E-state index contributed by atoms with van der Waals surface area (Å²) >= 11 is 0. The van der Waals surface area contributed by atoms with Gasteiger partial charge in [0.15, 0.2) is 0 Å². The molecule has 1 nitrogen and oxygen atoms in total. The van der Waals surface area contributed by atoms with Crippen LogP contribution in [0.4, 0.5) is 0 Å². The van der Waals surface area contributed by atoms with Crippen molar-refractivity contribution in [2.45, 2.75) is 65.4 Å². The van der Waals surface area contributed by atoms with Crippen LogP contribution in [0, 0.1) is 28.6 Å². The summed E-state index contributed by atoms with van der Waals surface area (Å²) < 4.78 is 0. The van der Waals surface area contributed by atoms with Crippen LogP contribution in [0.3, 0.4) is 0 Å². The molecule has 22 heavy (non-hydrogen) atoms. The van der Waals surface area contributed by atoms with E-state index in [0.29, 0.717) is 5.41 Å². The first-order valence-electron chi connectivity index (χ1n) is 9.27. The van der Waals surface area contributed by atoms with Crippen molar-refractivity contribution in [2.75, 3.05) is 0 Å². The van der Waals surface area contributed by atoms with Gasteiger partial charge in [-0.2, -0.15) is 0 Å². The van der Waals surface area contributed by atoms with Crippen LogP contribution in [0.5, 0.6) is 0 Å². The predicted molar refractivity (Wildman–Crippen MR) is 91.4 cm³/mol. The van der Waals surface area contributed by atoms with Crippen molar-refractivity contribution in [1.82, 2.24) is 0 Å². The standard InChI is InChI=1S/C21H30O/c1-4-14-6-8-18-17-7-5-15-13-16(22)9-11-21(15,3)19(17)10-12-20(14,18)2/h6,9,11,13,16-19,22H,4-5,7-8,10,12H2,1-3H3. The van der Waals surface area contributed by atoms with Crippen molar-refractivity contribution in [3.63, 3.8) is 0 Å². The summed E-state index contributed by atoms with van der Waals surface area (Å²) in [5.74, 6) is 2.50. The van der Waals surface area contributed by atoms with Gasteiger partial charge in [-0.15, -0.1) is 0 Å². The van der Waals surface area contributed by atoms with Crippen molar-refractivity contribution in [3.8, 4) is 0 Å². The molecule has 6 atom stereocenters. The lowest BCUT2D eigenvalue weighted by molar-refractivity contribution is -0.00801. The fourth-order valence-electron chi connectivity index (χ4n) is 6.52. The van der Waals surface area contributed by atoms with Gasteiger partial charge >= 0.3 is 0 Å². The van der Waals surface area contributed by atoms with Crippen molar-refractivity contribution >= 4 is 0 Å². The number of aliphatic hydroxyl groups is 1. The Labute approximate surface area is 135 Å². The number of fused-ring (bicyclic) bond motifs is 5. The second kappa shape index (κ2) is 4.84. The molecule has 0 radical (unpaired) electrons. The van der Waals surface area contributed by atoms with Gasteiger partial charge in [0.2, 0.25) is 0 Å². The molecule has 1 heteroatoms. The summed E-state index contributed by atoms with van der Waals surface area (Å²) in [6.45, 7) is 7.31.